The first-order chi connectivity index (χ1) is 19.4. The lowest BCUT2D eigenvalue weighted by Gasteiger charge is -2.36. The Bertz CT molecular complexity index is 1370. The largest absolute Gasteiger partial charge is 0.489 e. The number of carboxylic acid groups (broad SMARTS) is 1. The molecule has 0 spiro atoms. The van der Waals surface area contributed by atoms with Crippen molar-refractivity contribution in [3.05, 3.63) is 64.2 Å². The third-order valence-electron chi connectivity index (χ3n) is 7.47. The minimum absolute atomic E-state index is 0.113. The summed E-state index contributed by atoms with van der Waals surface area (Å²) in [5.74, 6) is 1.30. The third-order valence-corrected chi connectivity index (χ3v) is 7.72. The number of anilines is 2. The number of aliphatic carboxylic acids is 1. The quantitative estimate of drug-likeness (QED) is 0.327. The van der Waals surface area contributed by atoms with E-state index in [0.29, 0.717) is 37.4 Å². The Morgan fingerprint density at radius 2 is 1.73 bits per heavy atom. The lowest BCUT2D eigenvalue weighted by Crippen LogP contribution is -2.48. The number of unbranched alkanes of at least 4 members (excludes halogenated alkanes) is 1. The maximum atomic E-state index is 12.4. The number of nitrogen functional groups attached to an aromatic ring is 1. The fourth-order valence-corrected chi connectivity index (χ4v) is 5.48. The molecule has 2 aliphatic rings. The summed E-state index contributed by atoms with van der Waals surface area (Å²) in [6, 6.07) is 13.8. The van der Waals surface area contributed by atoms with Gasteiger partial charge in [-0.05, 0) is 67.1 Å². The summed E-state index contributed by atoms with van der Waals surface area (Å²) in [5.41, 5.74) is 11.5. The first kappa shape index (κ1) is 27.9. The molecule has 3 N–H and O–H groups in total. The number of piperazine rings is 1. The van der Waals surface area contributed by atoms with Gasteiger partial charge in [0.1, 0.15) is 24.0 Å². The van der Waals surface area contributed by atoms with Crippen LogP contribution in [-0.4, -0.2) is 64.5 Å². The van der Waals surface area contributed by atoms with E-state index in [1.807, 2.05) is 30.3 Å². The molecule has 10 heteroatoms. The third kappa shape index (κ3) is 6.89. The van der Waals surface area contributed by atoms with Crippen LogP contribution in [0.2, 0.25) is 5.02 Å². The van der Waals surface area contributed by atoms with Gasteiger partial charge in [0.2, 0.25) is 5.95 Å². The number of nitrogens with two attached hydrogens (primary N) is 1. The number of ketones is 1. The number of hydrogen-bond donors (Lipinski definition) is 2. The molecule has 0 unspecified atom stereocenters. The van der Waals surface area contributed by atoms with E-state index in [2.05, 4.69) is 31.9 Å². The van der Waals surface area contributed by atoms with Gasteiger partial charge in [0.15, 0.2) is 0 Å². The number of hydrogen-bond acceptors (Lipinski definition) is 8. The predicted molar refractivity (Wildman–Crippen MR) is 155 cm³/mol. The average molecular weight is 564 g/mol. The molecular weight excluding hydrogens is 530 g/mol. The van der Waals surface area contributed by atoms with E-state index in [4.69, 9.17) is 27.2 Å². The molecule has 0 radical (unpaired) electrons. The number of benzene rings is 2. The molecule has 2 heterocycles. The van der Waals surface area contributed by atoms with Crippen molar-refractivity contribution in [2.24, 2.45) is 0 Å². The first-order valence-corrected chi connectivity index (χ1v) is 14.1. The van der Waals surface area contributed by atoms with E-state index in [9.17, 15) is 9.59 Å². The molecule has 1 aliphatic carbocycles. The minimum atomic E-state index is -0.816. The van der Waals surface area contributed by atoms with Gasteiger partial charge in [-0.2, -0.15) is 4.98 Å². The van der Waals surface area contributed by atoms with Gasteiger partial charge in [-0.1, -0.05) is 23.7 Å². The molecule has 1 aliphatic heterocycles. The van der Waals surface area contributed by atoms with Gasteiger partial charge in [-0.3, -0.25) is 14.5 Å². The number of aromatic nitrogens is 2. The van der Waals surface area contributed by atoms with Crippen LogP contribution in [0, 0.1) is 0 Å². The van der Waals surface area contributed by atoms with E-state index in [-0.39, 0.29) is 18.2 Å². The fourth-order valence-electron chi connectivity index (χ4n) is 5.35. The number of halogens is 1. The number of aryl methyl sites for hydroxylation is 1. The zero-order chi connectivity index (χ0) is 28.1. The van der Waals surface area contributed by atoms with E-state index < -0.39 is 5.97 Å². The van der Waals surface area contributed by atoms with Gasteiger partial charge in [-0.25, -0.2) is 4.98 Å². The van der Waals surface area contributed by atoms with Crippen molar-refractivity contribution in [2.45, 2.75) is 45.1 Å². The predicted octanol–water partition coefficient (Wildman–Crippen LogP) is 4.39. The first-order valence-electron chi connectivity index (χ1n) is 13.7. The minimum Gasteiger partial charge on any atom is -0.489 e. The van der Waals surface area contributed by atoms with Crippen molar-refractivity contribution in [1.82, 2.24) is 14.9 Å². The molecule has 210 valence electrons. The molecule has 5 rings (SSSR count). The van der Waals surface area contributed by atoms with Crippen LogP contribution in [0.15, 0.2) is 42.5 Å². The summed E-state index contributed by atoms with van der Waals surface area (Å²) in [7, 11) is 0. The highest BCUT2D eigenvalue weighted by atomic mass is 35.5. The highest BCUT2D eigenvalue weighted by molar-refractivity contribution is 6.30. The summed E-state index contributed by atoms with van der Waals surface area (Å²) in [4.78, 5) is 36.7. The van der Waals surface area contributed by atoms with E-state index >= 15 is 0 Å². The Morgan fingerprint density at radius 1 is 0.975 bits per heavy atom. The van der Waals surface area contributed by atoms with Crippen LogP contribution >= 0.6 is 11.6 Å². The zero-order valence-electron chi connectivity index (χ0n) is 22.4. The van der Waals surface area contributed by atoms with Crippen LogP contribution in [0.3, 0.4) is 0 Å². The lowest BCUT2D eigenvalue weighted by molar-refractivity contribution is -0.137. The Morgan fingerprint density at radius 3 is 2.48 bits per heavy atom. The van der Waals surface area contributed by atoms with Crippen LogP contribution in [0.1, 0.15) is 42.4 Å². The molecular formula is C30H34ClN5O4. The molecule has 1 fully saturated rings. The Balaban J connectivity index is 1.21. The van der Waals surface area contributed by atoms with Gasteiger partial charge in [0, 0.05) is 55.2 Å². The van der Waals surface area contributed by atoms with E-state index in [1.54, 1.807) is 0 Å². The van der Waals surface area contributed by atoms with E-state index in [1.165, 1.54) is 5.56 Å². The second kappa shape index (κ2) is 12.7. The molecule has 9 nitrogen and oxygen atoms in total. The van der Waals surface area contributed by atoms with Crippen LogP contribution < -0.4 is 15.4 Å². The maximum absolute atomic E-state index is 12.4. The van der Waals surface area contributed by atoms with Crippen molar-refractivity contribution in [3.63, 3.8) is 0 Å². The van der Waals surface area contributed by atoms with Crippen LogP contribution in [0.5, 0.6) is 5.75 Å². The number of Topliss-reactive ketones (excluding diaryl/α,β-unsaturated/α-hetero) is 1. The van der Waals surface area contributed by atoms with E-state index in [0.717, 1.165) is 73.0 Å². The van der Waals surface area contributed by atoms with Gasteiger partial charge in [-0.15, -0.1) is 0 Å². The fraction of sp³-hybridized carbons (Fsp3) is 0.400. The number of ether oxygens (including phenoxy) is 1. The van der Waals surface area contributed by atoms with Crippen molar-refractivity contribution in [2.75, 3.05) is 43.4 Å². The highest BCUT2D eigenvalue weighted by Crippen LogP contribution is 2.38. The van der Waals surface area contributed by atoms with Gasteiger partial charge in [0.25, 0.3) is 0 Å². The van der Waals surface area contributed by atoms with Crippen molar-refractivity contribution in [1.29, 1.82) is 0 Å². The molecule has 0 saturated carbocycles. The Labute approximate surface area is 238 Å². The summed E-state index contributed by atoms with van der Waals surface area (Å²) in [6.45, 7) is 3.88. The standard InChI is InChI=1S/C30H34ClN5O4/c31-22-8-5-20(6-9-22)19-40-24-10-12-25-21(17-24)7-11-26-28(25)33-30(32)34-29(26)36-15-13-35(14-16-36)18-23(37)3-1-2-4-27(38)39/h5-6,8-10,12,17H,1-4,7,11,13-16,18-19H2,(H,38,39)(H2,32,33,34). The molecule has 1 saturated heterocycles. The number of carbonyl (C=O) groups excluding carboxylic acids is 1. The topological polar surface area (TPSA) is 122 Å². The normalized spacial score (nSPS) is 14.9. The number of carbonyl (C=O) groups is 2. The molecule has 3 aromatic rings. The van der Waals surface area contributed by atoms with Crippen LogP contribution in [0.4, 0.5) is 11.8 Å². The van der Waals surface area contributed by atoms with Crippen LogP contribution in [0.25, 0.3) is 11.3 Å². The summed E-state index contributed by atoms with van der Waals surface area (Å²) >= 11 is 5.98. The number of rotatable bonds is 11. The van der Waals surface area contributed by atoms with Gasteiger partial charge >= 0.3 is 5.97 Å². The number of carboxylic acids is 1. The highest BCUT2D eigenvalue weighted by Gasteiger charge is 2.27. The van der Waals surface area contributed by atoms with Crippen molar-refractivity contribution >= 4 is 35.1 Å². The molecule has 0 atom stereocenters. The second-order valence-electron chi connectivity index (χ2n) is 10.4. The Hall–Kier alpha value is -3.69. The zero-order valence-corrected chi connectivity index (χ0v) is 23.2. The average Bonchev–Trinajstić information content (AvgIpc) is 2.94. The molecule has 40 heavy (non-hydrogen) atoms. The van der Waals surface area contributed by atoms with Crippen LogP contribution in [-0.2, 0) is 29.0 Å². The summed E-state index contributed by atoms with van der Waals surface area (Å²) in [6.07, 6.45) is 3.37. The molecule has 1 aromatic heterocycles. The summed E-state index contributed by atoms with van der Waals surface area (Å²) in [5, 5.41) is 9.45. The molecule has 0 bridgehead atoms. The maximum Gasteiger partial charge on any atom is 0.303 e. The number of nitrogens with zero attached hydrogens (tertiary/aromatic N) is 4. The van der Waals surface area contributed by atoms with Gasteiger partial charge in [0.05, 0.1) is 12.2 Å². The smallest absolute Gasteiger partial charge is 0.303 e. The molecule has 2 aromatic carbocycles. The Kier molecular flexibility index (Phi) is 8.81. The SMILES string of the molecule is Nc1nc2c(c(N3CCN(CC(=O)CCCCC(=O)O)CC3)n1)CCc1cc(OCc3ccc(Cl)cc3)ccc1-2. The van der Waals surface area contributed by atoms with Crippen molar-refractivity contribution in [3.8, 4) is 17.0 Å². The number of fused-ring (bicyclic) bond motifs is 3. The van der Waals surface area contributed by atoms with Crippen molar-refractivity contribution < 1.29 is 19.4 Å². The summed E-state index contributed by atoms with van der Waals surface area (Å²) < 4.78 is 6.04. The van der Waals surface area contributed by atoms with Gasteiger partial charge < -0.3 is 20.5 Å². The molecule has 0 amide bonds. The second-order valence-corrected chi connectivity index (χ2v) is 10.8. The lowest BCUT2D eigenvalue weighted by atomic mass is 9.88. The monoisotopic (exact) mass is 563 g/mol.